The van der Waals surface area contributed by atoms with E-state index < -0.39 is 11.9 Å². The first kappa shape index (κ1) is 14.3. The molecule has 0 unspecified atom stereocenters. The molecule has 0 saturated carbocycles. The second-order valence-electron chi connectivity index (χ2n) is 4.13. The summed E-state index contributed by atoms with van der Waals surface area (Å²) in [6.45, 7) is 0.379. The highest BCUT2D eigenvalue weighted by Gasteiger charge is 2.32. The lowest BCUT2D eigenvalue weighted by atomic mass is 10.1. The molecular weight excluding hydrogens is 271 g/mol. The Labute approximate surface area is 113 Å². The van der Waals surface area contributed by atoms with Crippen LogP contribution in [0, 0.1) is 0 Å². The number of halogens is 3. The molecule has 0 fully saturated rings. The van der Waals surface area contributed by atoms with Gasteiger partial charge in [-0.15, -0.1) is 10.2 Å². The minimum absolute atomic E-state index is 0.0297. The van der Waals surface area contributed by atoms with Crippen LogP contribution in [0.25, 0.3) is 0 Å². The molecule has 0 aliphatic heterocycles. The Morgan fingerprint density at radius 1 is 0.950 bits per heavy atom. The van der Waals surface area contributed by atoms with Gasteiger partial charge < -0.3 is 10.4 Å². The number of aromatic nitrogens is 2. The number of hydrogen-bond acceptors (Lipinski definition) is 4. The van der Waals surface area contributed by atoms with Gasteiger partial charge in [-0.25, -0.2) is 0 Å². The number of rotatable bonds is 4. The fraction of sp³-hybridized carbons (Fsp3) is 0.231. The summed E-state index contributed by atoms with van der Waals surface area (Å²) in [5.74, 6) is 0.268. The third-order valence-electron chi connectivity index (χ3n) is 2.63. The van der Waals surface area contributed by atoms with Crippen LogP contribution in [0.4, 0.5) is 19.0 Å². The van der Waals surface area contributed by atoms with Crippen LogP contribution in [-0.4, -0.2) is 15.3 Å². The Balaban J connectivity index is 1.96. The van der Waals surface area contributed by atoms with Gasteiger partial charge in [-0.1, -0.05) is 24.3 Å². The zero-order chi connectivity index (χ0) is 14.6. The Kier molecular flexibility index (Phi) is 4.19. The van der Waals surface area contributed by atoms with Gasteiger partial charge in [0.2, 0.25) is 0 Å². The predicted octanol–water partition coefficient (Wildman–Crippen LogP) is 2.60. The van der Waals surface area contributed by atoms with Crippen molar-refractivity contribution < 1.29 is 18.3 Å². The van der Waals surface area contributed by atoms with E-state index in [1.54, 1.807) is 12.1 Å². The molecule has 0 radical (unpaired) electrons. The highest BCUT2D eigenvalue weighted by atomic mass is 19.4. The number of aliphatic hydroxyl groups excluding tert-OH is 1. The Hall–Kier alpha value is -2.15. The van der Waals surface area contributed by atoms with Gasteiger partial charge in [-0.2, -0.15) is 13.2 Å². The van der Waals surface area contributed by atoms with Gasteiger partial charge in [-0.3, -0.25) is 0 Å². The van der Waals surface area contributed by atoms with Crippen LogP contribution in [0.3, 0.4) is 0 Å². The molecule has 0 bridgehead atoms. The monoisotopic (exact) mass is 283 g/mol. The van der Waals surface area contributed by atoms with Crippen LogP contribution in [0.2, 0.25) is 0 Å². The number of benzene rings is 1. The standard InChI is InChI=1S/C13H12F3N3O/c14-13(15,16)11-5-6-12(19-18-11)17-7-9-1-3-10(8-20)4-2-9/h1-6,20H,7-8H2,(H,17,19). The molecule has 0 amide bonds. The summed E-state index contributed by atoms with van der Waals surface area (Å²) in [6.07, 6.45) is -4.48. The summed E-state index contributed by atoms with van der Waals surface area (Å²) < 4.78 is 36.9. The number of hydrogen-bond donors (Lipinski definition) is 2. The van der Waals surface area contributed by atoms with E-state index in [1.807, 2.05) is 12.1 Å². The first-order valence-electron chi connectivity index (χ1n) is 5.82. The van der Waals surface area contributed by atoms with E-state index in [4.69, 9.17) is 5.11 Å². The lowest BCUT2D eigenvalue weighted by molar-refractivity contribution is -0.141. The number of nitrogens with one attached hydrogen (secondary N) is 1. The van der Waals surface area contributed by atoms with Crippen LogP contribution in [-0.2, 0) is 19.3 Å². The third-order valence-corrected chi connectivity index (χ3v) is 2.63. The quantitative estimate of drug-likeness (QED) is 0.905. The molecule has 7 heteroatoms. The molecule has 106 valence electrons. The molecule has 0 aliphatic rings. The van der Waals surface area contributed by atoms with E-state index in [2.05, 4.69) is 15.5 Å². The van der Waals surface area contributed by atoms with Gasteiger partial charge in [0.25, 0.3) is 0 Å². The maximum atomic E-state index is 12.3. The van der Waals surface area contributed by atoms with Crippen LogP contribution in [0.1, 0.15) is 16.8 Å². The molecule has 4 nitrogen and oxygen atoms in total. The maximum absolute atomic E-state index is 12.3. The molecule has 1 aromatic carbocycles. The van der Waals surface area contributed by atoms with E-state index in [0.29, 0.717) is 6.54 Å². The largest absolute Gasteiger partial charge is 0.435 e. The van der Waals surface area contributed by atoms with Crippen molar-refractivity contribution in [2.24, 2.45) is 0 Å². The van der Waals surface area contributed by atoms with Crippen molar-refractivity contribution in [3.63, 3.8) is 0 Å². The lowest BCUT2D eigenvalue weighted by Crippen LogP contribution is -2.10. The van der Waals surface area contributed by atoms with Crippen LogP contribution >= 0.6 is 0 Å². The van der Waals surface area contributed by atoms with Gasteiger partial charge in [-0.05, 0) is 23.3 Å². The van der Waals surface area contributed by atoms with Crippen molar-refractivity contribution in [1.82, 2.24) is 10.2 Å². The Morgan fingerprint density at radius 3 is 2.10 bits per heavy atom. The number of anilines is 1. The van der Waals surface area contributed by atoms with Gasteiger partial charge in [0.1, 0.15) is 5.82 Å². The van der Waals surface area contributed by atoms with Crippen molar-refractivity contribution in [3.05, 3.63) is 53.2 Å². The van der Waals surface area contributed by atoms with Crippen LogP contribution < -0.4 is 5.32 Å². The van der Waals surface area contributed by atoms with Crippen molar-refractivity contribution in [2.45, 2.75) is 19.3 Å². The molecule has 0 atom stereocenters. The molecule has 0 saturated heterocycles. The minimum Gasteiger partial charge on any atom is -0.392 e. The number of nitrogens with zero attached hydrogens (tertiary/aromatic N) is 2. The average Bonchev–Trinajstić information content (AvgIpc) is 2.45. The summed E-state index contributed by atoms with van der Waals surface area (Å²) in [7, 11) is 0. The molecular formula is C13H12F3N3O. The zero-order valence-electron chi connectivity index (χ0n) is 10.4. The minimum atomic E-state index is -4.48. The summed E-state index contributed by atoms with van der Waals surface area (Å²) in [6, 6.07) is 9.29. The fourth-order valence-electron chi connectivity index (χ4n) is 1.53. The first-order chi connectivity index (χ1) is 9.49. The maximum Gasteiger partial charge on any atom is 0.435 e. The van der Waals surface area contributed by atoms with E-state index in [9.17, 15) is 13.2 Å². The van der Waals surface area contributed by atoms with Crippen molar-refractivity contribution in [3.8, 4) is 0 Å². The van der Waals surface area contributed by atoms with Gasteiger partial charge in [0, 0.05) is 6.54 Å². The van der Waals surface area contributed by atoms with E-state index in [0.717, 1.165) is 17.2 Å². The number of alkyl halides is 3. The van der Waals surface area contributed by atoms with Gasteiger partial charge in [0.15, 0.2) is 5.69 Å². The van der Waals surface area contributed by atoms with E-state index >= 15 is 0 Å². The van der Waals surface area contributed by atoms with Gasteiger partial charge >= 0.3 is 6.18 Å². The second kappa shape index (κ2) is 5.87. The lowest BCUT2D eigenvalue weighted by Gasteiger charge is -2.07. The van der Waals surface area contributed by atoms with Crippen LogP contribution in [0.5, 0.6) is 0 Å². The molecule has 2 aromatic rings. The first-order valence-corrected chi connectivity index (χ1v) is 5.82. The Morgan fingerprint density at radius 2 is 1.60 bits per heavy atom. The average molecular weight is 283 g/mol. The van der Waals surface area contributed by atoms with E-state index in [1.165, 1.54) is 6.07 Å². The molecule has 2 N–H and O–H groups in total. The van der Waals surface area contributed by atoms with Crippen molar-refractivity contribution in [2.75, 3.05) is 5.32 Å². The molecule has 2 rings (SSSR count). The predicted molar refractivity (Wildman–Crippen MR) is 66.7 cm³/mol. The summed E-state index contributed by atoms with van der Waals surface area (Å²) in [5, 5.41) is 18.4. The van der Waals surface area contributed by atoms with Crippen LogP contribution in [0.15, 0.2) is 36.4 Å². The zero-order valence-corrected chi connectivity index (χ0v) is 10.4. The third kappa shape index (κ3) is 3.67. The highest BCUT2D eigenvalue weighted by molar-refractivity contribution is 5.35. The summed E-state index contributed by atoms with van der Waals surface area (Å²) >= 11 is 0. The molecule has 1 heterocycles. The molecule has 20 heavy (non-hydrogen) atoms. The van der Waals surface area contributed by atoms with Gasteiger partial charge in [0.05, 0.1) is 6.61 Å². The normalized spacial score (nSPS) is 11.4. The highest BCUT2D eigenvalue weighted by Crippen LogP contribution is 2.27. The molecule has 1 aromatic heterocycles. The van der Waals surface area contributed by atoms with E-state index in [-0.39, 0.29) is 12.4 Å². The topological polar surface area (TPSA) is 58.0 Å². The Bertz CT molecular complexity index is 553. The summed E-state index contributed by atoms with van der Waals surface area (Å²) in [4.78, 5) is 0. The smallest absolute Gasteiger partial charge is 0.392 e. The molecule has 0 aliphatic carbocycles. The number of aliphatic hydroxyl groups is 1. The summed E-state index contributed by atoms with van der Waals surface area (Å²) in [5.41, 5.74) is 0.697. The molecule has 0 spiro atoms. The van der Waals surface area contributed by atoms with Crippen molar-refractivity contribution >= 4 is 5.82 Å². The second-order valence-corrected chi connectivity index (χ2v) is 4.13. The fourth-order valence-corrected chi connectivity index (χ4v) is 1.53. The van der Waals surface area contributed by atoms with Crippen molar-refractivity contribution in [1.29, 1.82) is 0 Å². The SMILES string of the molecule is OCc1ccc(CNc2ccc(C(F)(F)F)nn2)cc1.